The van der Waals surface area contributed by atoms with Crippen LogP contribution in [0.3, 0.4) is 0 Å². The molecule has 0 N–H and O–H groups in total. The first-order valence-electron chi connectivity index (χ1n) is 6.00. The standard InChI is InChI=1S/C13H11N3O3S2/c1-19-13-15-12(20-16-13)11(21(17)18)10-9-5-3-2-4-8(9)6-7-14-10/h2-7,11H,1H3,(H,17,18)/p-1. The van der Waals surface area contributed by atoms with E-state index >= 15 is 0 Å². The van der Waals surface area contributed by atoms with Crippen molar-refractivity contribution in [1.29, 1.82) is 0 Å². The third-order valence-corrected chi connectivity index (χ3v) is 4.72. The molecule has 3 aromatic rings. The van der Waals surface area contributed by atoms with Gasteiger partial charge in [-0.15, -0.1) is 4.37 Å². The molecule has 6 nitrogen and oxygen atoms in total. The number of benzene rings is 1. The molecule has 0 aliphatic carbocycles. The minimum Gasteiger partial charge on any atom is -0.772 e. The Morgan fingerprint density at radius 3 is 2.86 bits per heavy atom. The van der Waals surface area contributed by atoms with Crippen molar-refractivity contribution in [3.05, 3.63) is 47.2 Å². The highest BCUT2D eigenvalue weighted by atomic mass is 32.2. The molecule has 2 atom stereocenters. The molecule has 0 saturated heterocycles. The van der Waals surface area contributed by atoms with Crippen molar-refractivity contribution in [3.8, 4) is 6.01 Å². The molecule has 0 aliphatic heterocycles. The Hall–Kier alpha value is -1.90. The van der Waals surface area contributed by atoms with Crippen molar-refractivity contribution in [2.45, 2.75) is 5.25 Å². The Kier molecular flexibility index (Phi) is 3.91. The van der Waals surface area contributed by atoms with E-state index in [4.69, 9.17) is 4.74 Å². The number of aromatic nitrogens is 3. The first-order valence-corrected chi connectivity index (χ1v) is 7.91. The highest BCUT2D eigenvalue weighted by Gasteiger charge is 2.23. The van der Waals surface area contributed by atoms with Crippen LogP contribution in [-0.2, 0) is 11.1 Å². The Labute approximate surface area is 127 Å². The van der Waals surface area contributed by atoms with Gasteiger partial charge < -0.3 is 9.29 Å². The van der Waals surface area contributed by atoms with E-state index in [2.05, 4.69) is 14.3 Å². The predicted molar refractivity (Wildman–Crippen MR) is 79.0 cm³/mol. The number of hydrogen-bond acceptors (Lipinski definition) is 7. The van der Waals surface area contributed by atoms with Gasteiger partial charge in [0.25, 0.3) is 0 Å². The largest absolute Gasteiger partial charge is 0.772 e. The molecule has 0 saturated carbocycles. The van der Waals surface area contributed by atoms with E-state index in [0.29, 0.717) is 10.7 Å². The summed E-state index contributed by atoms with van der Waals surface area (Å²) in [4.78, 5) is 8.33. The SMILES string of the molecule is COc1nsc(C(c2nccc3ccccc23)S(=O)[O-])n1. The van der Waals surface area contributed by atoms with E-state index in [0.717, 1.165) is 22.3 Å². The Bertz CT molecular complexity index is 801. The quantitative estimate of drug-likeness (QED) is 0.684. The van der Waals surface area contributed by atoms with Gasteiger partial charge in [0.05, 0.1) is 12.8 Å². The normalized spacial score (nSPS) is 14.0. The van der Waals surface area contributed by atoms with Crippen LogP contribution in [0.1, 0.15) is 16.0 Å². The van der Waals surface area contributed by atoms with E-state index in [-0.39, 0.29) is 6.01 Å². The summed E-state index contributed by atoms with van der Waals surface area (Å²) in [5, 5.41) is 1.08. The van der Waals surface area contributed by atoms with Gasteiger partial charge >= 0.3 is 6.01 Å². The number of pyridine rings is 1. The third kappa shape index (κ3) is 2.65. The van der Waals surface area contributed by atoms with Crippen LogP contribution < -0.4 is 4.74 Å². The molecule has 21 heavy (non-hydrogen) atoms. The van der Waals surface area contributed by atoms with Gasteiger partial charge in [0.15, 0.2) is 0 Å². The lowest BCUT2D eigenvalue weighted by Crippen LogP contribution is -2.10. The zero-order chi connectivity index (χ0) is 14.8. The lowest BCUT2D eigenvalue weighted by atomic mass is 10.1. The molecule has 2 heterocycles. The fraction of sp³-hybridized carbons (Fsp3) is 0.154. The highest BCUT2D eigenvalue weighted by Crippen LogP contribution is 2.32. The van der Waals surface area contributed by atoms with Crippen LogP contribution >= 0.6 is 11.5 Å². The third-order valence-electron chi connectivity index (χ3n) is 2.98. The van der Waals surface area contributed by atoms with Crippen molar-refractivity contribution >= 4 is 33.4 Å². The van der Waals surface area contributed by atoms with Crippen LogP contribution in [0.5, 0.6) is 6.01 Å². The molecule has 3 rings (SSSR count). The van der Waals surface area contributed by atoms with Gasteiger partial charge in [0.1, 0.15) is 10.3 Å². The van der Waals surface area contributed by atoms with Crippen LogP contribution in [0.4, 0.5) is 0 Å². The zero-order valence-corrected chi connectivity index (χ0v) is 12.6. The van der Waals surface area contributed by atoms with E-state index < -0.39 is 16.3 Å². The van der Waals surface area contributed by atoms with Crippen molar-refractivity contribution in [3.63, 3.8) is 0 Å². The number of hydrogen-bond donors (Lipinski definition) is 0. The summed E-state index contributed by atoms with van der Waals surface area (Å²) >= 11 is -1.42. The summed E-state index contributed by atoms with van der Waals surface area (Å²) in [5.41, 5.74) is 0.445. The maximum absolute atomic E-state index is 11.7. The number of ether oxygens (including phenoxy) is 1. The average molecular weight is 320 g/mol. The number of methoxy groups -OCH3 is 1. The molecular weight excluding hydrogens is 310 g/mol. The summed E-state index contributed by atoms with van der Waals surface area (Å²) in [5.74, 6) is 0. The van der Waals surface area contributed by atoms with Crippen molar-refractivity contribution in [2.24, 2.45) is 0 Å². The topological polar surface area (TPSA) is 88.0 Å². The lowest BCUT2D eigenvalue weighted by Gasteiger charge is -2.18. The molecule has 108 valence electrons. The van der Waals surface area contributed by atoms with Gasteiger partial charge in [0.2, 0.25) is 0 Å². The lowest BCUT2D eigenvalue weighted by molar-refractivity contribution is 0.385. The van der Waals surface area contributed by atoms with Gasteiger partial charge in [-0.25, -0.2) is 0 Å². The monoisotopic (exact) mass is 320 g/mol. The molecule has 8 heteroatoms. The van der Waals surface area contributed by atoms with Gasteiger partial charge in [0, 0.05) is 11.6 Å². The summed E-state index contributed by atoms with van der Waals surface area (Å²) in [7, 11) is 1.44. The average Bonchev–Trinajstić information content (AvgIpc) is 2.96. The van der Waals surface area contributed by atoms with E-state index in [1.165, 1.54) is 7.11 Å². The number of fused-ring (bicyclic) bond motifs is 1. The smallest absolute Gasteiger partial charge is 0.328 e. The summed E-state index contributed by atoms with van der Waals surface area (Å²) in [6.45, 7) is 0. The molecule has 0 fully saturated rings. The second kappa shape index (κ2) is 5.84. The molecule has 0 spiro atoms. The Morgan fingerprint density at radius 2 is 2.14 bits per heavy atom. The van der Waals surface area contributed by atoms with Crippen LogP contribution in [0.2, 0.25) is 0 Å². The molecule has 2 unspecified atom stereocenters. The van der Waals surface area contributed by atoms with Crippen molar-refractivity contribution in [2.75, 3.05) is 7.11 Å². The first kappa shape index (κ1) is 14.1. The maximum Gasteiger partial charge on any atom is 0.328 e. The fourth-order valence-electron chi connectivity index (χ4n) is 2.05. The van der Waals surface area contributed by atoms with E-state index in [1.807, 2.05) is 30.3 Å². The van der Waals surface area contributed by atoms with Gasteiger partial charge in [-0.3, -0.25) is 9.19 Å². The molecule has 2 aromatic heterocycles. The van der Waals surface area contributed by atoms with E-state index in [9.17, 15) is 8.76 Å². The Morgan fingerprint density at radius 1 is 1.33 bits per heavy atom. The highest BCUT2D eigenvalue weighted by molar-refractivity contribution is 7.79. The molecule has 0 bridgehead atoms. The van der Waals surface area contributed by atoms with Gasteiger partial charge in [-0.1, -0.05) is 24.3 Å². The summed E-state index contributed by atoms with van der Waals surface area (Å²) in [6.07, 6.45) is 1.59. The number of nitrogens with zero attached hydrogens (tertiary/aromatic N) is 3. The number of rotatable bonds is 4. The summed E-state index contributed by atoms with van der Waals surface area (Å²) in [6, 6.07) is 9.49. The second-order valence-electron chi connectivity index (χ2n) is 4.18. The van der Waals surface area contributed by atoms with E-state index in [1.54, 1.807) is 6.20 Å². The fourth-order valence-corrected chi connectivity index (χ4v) is 3.62. The van der Waals surface area contributed by atoms with Crippen LogP contribution in [-0.4, -0.2) is 30.2 Å². The summed E-state index contributed by atoms with van der Waals surface area (Å²) < 4.78 is 32.3. The minimum absolute atomic E-state index is 0.158. The first-order chi connectivity index (χ1) is 10.2. The molecular formula is C13H10N3O3S2-. The predicted octanol–water partition coefficient (Wildman–Crippen LogP) is 2.06. The van der Waals surface area contributed by atoms with Gasteiger partial charge in [-0.2, -0.15) is 4.98 Å². The molecule has 0 aliphatic rings. The van der Waals surface area contributed by atoms with Gasteiger partial charge in [-0.05, 0) is 34.1 Å². The van der Waals surface area contributed by atoms with Crippen molar-refractivity contribution in [1.82, 2.24) is 14.3 Å². The van der Waals surface area contributed by atoms with Crippen LogP contribution in [0.15, 0.2) is 36.5 Å². The molecule has 0 amide bonds. The van der Waals surface area contributed by atoms with Crippen LogP contribution in [0, 0.1) is 0 Å². The molecule has 1 aromatic carbocycles. The molecule has 0 radical (unpaired) electrons. The second-order valence-corrected chi connectivity index (χ2v) is 5.95. The zero-order valence-electron chi connectivity index (χ0n) is 10.9. The Balaban J connectivity index is 2.18. The van der Waals surface area contributed by atoms with Crippen LogP contribution in [0.25, 0.3) is 10.8 Å². The van der Waals surface area contributed by atoms with Crippen molar-refractivity contribution < 1.29 is 13.5 Å². The maximum atomic E-state index is 11.7. The minimum atomic E-state index is -2.41.